The van der Waals surface area contributed by atoms with Gasteiger partial charge in [-0.15, -0.1) is 5.12 Å². The van der Waals surface area contributed by atoms with Gasteiger partial charge in [0.2, 0.25) is 0 Å². The van der Waals surface area contributed by atoms with Gasteiger partial charge in [-0.2, -0.15) is 0 Å². The molecule has 8 nitrogen and oxygen atoms in total. The molecule has 0 aliphatic rings. The zero-order valence-corrected chi connectivity index (χ0v) is 9.46. The zero-order chi connectivity index (χ0) is 13.1. The molecule has 0 spiro atoms. The first-order valence-electron chi connectivity index (χ1n) is 4.94. The topological polar surface area (TPSA) is 114 Å². The lowest BCUT2D eigenvalue weighted by molar-refractivity contribution is -0.147. The zero-order valence-electron chi connectivity index (χ0n) is 9.46. The standard InChI is InChI=1S/C9H14N4O4/c1-17-9(16)8(4-2-3-5-10)13(11-6-14)12-7-15/h8H,2-5,10H2,1H3/t8-/m0/s1. The molecule has 0 radical (unpaired) electrons. The van der Waals surface area contributed by atoms with E-state index >= 15 is 0 Å². The van der Waals surface area contributed by atoms with Gasteiger partial charge in [-0.1, -0.05) is 10.2 Å². The second-order valence-electron chi connectivity index (χ2n) is 3.03. The highest BCUT2D eigenvalue weighted by molar-refractivity contribution is 5.75. The highest BCUT2D eigenvalue weighted by Gasteiger charge is 2.26. The number of ether oxygens (including phenoxy) is 1. The van der Waals surface area contributed by atoms with Gasteiger partial charge in [0.05, 0.1) is 7.11 Å². The van der Waals surface area contributed by atoms with E-state index in [-0.39, 0.29) is 0 Å². The van der Waals surface area contributed by atoms with Gasteiger partial charge < -0.3 is 10.5 Å². The first-order chi connectivity index (χ1) is 8.21. The Morgan fingerprint density at radius 3 is 2.35 bits per heavy atom. The number of esters is 1. The second-order valence-corrected chi connectivity index (χ2v) is 3.03. The number of hydrogen-bond donors (Lipinski definition) is 1. The summed E-state index contributed by atoms with van der Waals surface area (Å²) >= 11 is 0. The predicted octanol–water partition coefficient (Wildman–Crippen LogP) is -0.539. The molecule has 0 aliphatic carbocycles. The van der Waals surface area contributed by atoms with Crippen LogP contribution in [-0.2, 0) is 19.1 Å². The molecule has 0 heterocycles. The Hall–Kier alpha value is -2.01. The highest BCUT2D eigenvalue weighted by atomic mass is 16.5. The van der Waals surface area contributed by atoms with Crippen LogP contribution in [0, 0.1) is 0 Å². The fraction of sp³-hybridized carbons (Fsp3) is 0.667. The molecular formula is C9H14N4O4. The van der Waals surface area contributed by atoms with Crippen molar-refractivity contribution in [2.75, 3.05) is 13.7 Å². The number of nitrogens with two attached hydrogens (primary N) is 1. The summed E-state index contributed by atoms with van der Waals surface area (Å²) in [6, 6.07) is -0.950. The third-order valence-corrected chi connectivity index (χ3v) is 1.97. The van der Waals surface area contributed by atoms with Crippen LogP contribution in [0.5, 0.6) is 0 Å². The molecule has 0 saturated heterocycles. The summed E-state index contributed by atoms with van der Waals surface area (Å²) in [7, 11) is 1.19. The maximum atomic E-state index is 11.4. The van der Waals surface area contributed by atoms with Crippen LogP contribution in [0.2, 0.25) is 0 Å². The Morgan fingerprint density at radius 1 is 1.35 bits per heavy atom. The number of rotatable bonds is 8. The van der Waals surface area contributed by atoms with Gasteiger partial charge in [0.15, 0.2) is 6.04 Å². The lowest BCUT2D eigenvalue weighted by Gasteiger charge is -2.19. The number of isocyanates is 2. The summed E-state index contributed by atoms with van der Waals surface area (Å²) in [6.45, 7) is 0.474. The molecule has 0 aromatic rings. The molecule has 0 rings (SSSR count). The summed E-state index contributed by atoms with van der Waals surface area (Å²) in [4.78, 5) is 31.7. The molecule has 0 fully saturated rings. The van der Waals surface area contributed by atoms with Crippen molar-refractivity contribution in [2.24, 2.45) is 15.9 Å². The maximum Gasteiger partial charge on any atom is 0.332 e. The quantitative estimate of drug-likeness (QED) is 0.201. The number of hydrazone groups is 2. The van der Waals surface area contributed by atoms with Crippen LogP contribution >= 0.6 is 0 Å². The van der Waals surface area contributed by atoms with Crippen molar-refractivity contribution in [3.63, 3.8) is 0 Å². The number of unbranched alkanes of at least 4 members (excludes halogenated alkanes) is 1. The Morgan fingerprint density at radius 2 is 1.94 bits per heavy atom. The average Bonchev–Trinajstić information content (AvgIpc) is 2.34. The predicted molar refractivity (Wildman–Crippen MR) is 56.8 cm³/mol. The van der Waals surface area contributed by atoms with Crippen LogP contribution in [0.1, 0.15) is 19.3 Å². The van der Waals surface area contributed by atoms with Crippen molar-refractivity contribution in [3.8, 4) is 0 Å². The minimum absolute atomic E-state index is 0.306. The fourth-order valence-corrected chi connectivity index (χ4v) is 1.19. The normalized spacial score (nSPS) is 10.7. The molecule has 8 heteroatoms. The Balaban J connectivity index is 4.78. The van der Waals surface area contributed by atoms with Gasteiger partial charge in [-0.05, 0) is 25.8 Å². The lowest BCUT2D eigenvalue weighted by atomic mass is 10.1. The van der Waals surface area contributed by atoms with E-state index in [1.165, 1.54) is 19.3 Å². The van der Waals surface area contributed by atoms with Gasteiger partial charge in [-0.3, -0.25) is 0 Å². The van der Waals surface area contributed by atoms with Gasteiger partial charge in [-0.25, -0.2) is 14.4 Å². The van der Waals surface area contributed by atoms with Crippen molar-refractivity contribution >= 4 is 18.1 Å². The minimum Gasteiger partial charge on any atom is -0.467 e. The van der Waals surface area contributed by atoms with Gasteiger partial charge >= 0.3 is 5.97 Å². The molecule has 2 N–H and O–H groups in total. The van der Waals surface area contributed by atoms with Crippen LogP contribution in [0.3, 0.4) is 0 Å². The summed E-state index contributed by atoms with van der Waals surface area (Å²) < 4.78 is 4.53. The van der Waals surface area contributed by atoms with Crippen molar-refractivity contribution in [3.05, 3.63) is 0 Å². The summed E-state index contributed by atoms with van der Waals surface area (Å²) in [5.41, 5.74) is 5.32. The Kier molecular flexibility index (Phi) is 8.14. The number of carbonyl (C=O) groups is 1. The minimum atomic E-state index is -0.950. The molecular weight excluding hydrogens is 228 g/mol. The van der Waals surface area contributed by atoms with E-state index in [4.69, 9.17) is 5.73 Å². The number of hydrogen-bond acceptors (Lipinski definition) is 8. The van der Waals surface area contributed by atoms with Crippen molar-refractivity contribution in [2.45, 2.75) is 25.3 Å². The number of methoxy groups -OCH3 is 1. The van der Waals surface area contributed by atoms with E-state index in [9.17, 15) is 14.4 Å². The van der Waals surface area contributed by atoms with Crippen LogP contribution in [0.25, 0.3) is 0 Å². The van der Waals surface area contributed by atoms with Crippen molar-refractivity contribution in [1.82, 2.24) is 5.12 Å². The largest absolute Gasteiger partial charge is 0.467 e. The first-order valence-corrected chi connectivity index (χ1v) is 4.94. The smallest absolute Gasteiger partial charge is 0.332 e. The van der Waals surface area contributed by atoms with Crippen LogP contribution < -0.4 is 5.73 Å². The summed E-state index contributed by atoms with van der Waals surface area (Å²) in [6.07, 6.45) is 4.00. The molecule has 0 aromatic carbocycles. The van der Waals surface area contributed by atoms with Crippen molar-refractivity contribution in [1.29, 1.82) is 0 Å². The number of nitrogens with zero attached hydrogens (tertiary/aromatic N) is 3. The lowest BCUT2D eigenvalue weighted by Crippen LogP contribution is -2.35. The first kappa shape index (κ1) is 15.0. The molecule has 0 bridgehead atoms. The van der Waals surface area contributed by atoms with Crippen LogP contribution in [-0.4, -0.2) is 42.9 Å². The third kappa shape index (κ3) is 5.58. The summed E-state index contributed by atoms with van der Waals surface area (Å²) in [5.74, 6) is -0.653. The molecule has 17 heavy (non-hydrogen) atoms. The van der Waals surface area contributed by atoms with E-state index in [2.05, 4.69) is 14.9 Å². The molecule has 0 unspecified atom stereocenters. The summed E-state index contributed by atoms with van der Waals surface area (Å²) in [5, 5.41) is 6.90. The van der Waals surface area contributed by atoms with E-state index in [1.807, 2.05) is 0 Å². The van der Waals surface area contributed by atoms with E-state index in [0.29, 0.717) is 30.9 Å². The number of carbonyl (C=O) groups excluding carboxylic acids is 3. The van der Waals surface area contributed by atoms with Gasteiger partial charge in [0.1, 0.15) is 0 Å². The SMILES string of the molecule is COC(=O)[C@H](CCCCN)N(N=C=O)N=C=O. The molecule has 94 valence electrons. The molecule has 0 aliphatic heterocycles. The Bertz CT molecular complexity index is 316. The molecule has 0 aromatic heterocycles. The molecule has 0 amide bonds. The van der Waals surface area contributed by atoms with Crippen LogP contribution in [0.15, 0.2) is 10.2 Å². The van der Waals surface area contributed by atoms with E-state index < -0.39 is 12.0 Å². The molecule has 1 atom stereocenters. The van der Waals surface area contributed by atoms with E-state index in [0.717, 1.165) is 0 Å². The fourth-order valence-electron chi connectivity index (χ4n) is 1.19. The van der Waals surface area contributed by atoms with E-state index in [1.54, 1.807) is 0 Å². The van der Waals surface area contributed by atoms with Crippen LogP contribution in [0.4, 0.5) is 0 Å². The van der Waals surface area contributed by atoms with Crippen molar-refractivity contribution < 1.29 is 19.1 Å². The van der Waals surface area contributed by atoms with Gasteiger partial charge in [0.25, 0.3) is 12.2 Å². The molecule has 0 saturated carbocycles. The third-order valence-electron chi connectivity index (χ3n) is 1.97. The monoisotopic (exact) mass is 242 g/mol. The maximum absolute atomic E-state index is 11.4. The highest BCUT2D eigenvalue weighted by Crippen LogP contribution is 2.11. The second kappa shape index (κ2) is 9.23. The van der Waals surface area contributed by atoms with Gasteiger partial charge in [0, 0.05) is 0 Å². The Labute approximate surface area is 98.1 Å². The average molecular weight is 242 g/mol.